The highest BCUT2D eigenvalue weighted by atomic mass is 16.4. The van der Waals surface area contributed by atoms with Gasteiger partial charge in [-0.1, -0.05) is 39.3 Å². The summed E-state index contributed by atoms with van der Waals surface area (Å²) in [7, 11) is 0. The van der Waals surface area contributed by atoms with Crippen molar-refractivity contribution in [2.45, 2.75) is 59.8 Å². The van der Waals surface area contributed by atoms with Crippen LogP contribution >= 0.6 is 0 Å². The normalized spacial score (nSPS) is 37.8. The first-order valence-electron chi connectivity index (χ1n) is 7.35. The summed E-state index contributed by atoms with van der Waals surface area (Å²) < 4.78 is 0. The molecular formula is C15H26N2O2. The first-order chi connectivity index (χ1) is 8.85. The van der Waals surface area contributed by atoms with Gasteiger partial charge >= 0.3 is 0 Å². The second-order valence-electron chi connectivity index (χ2n) is 6.87. The minimum atomic E-state index is -0.392. The number of unbranched alkanes of at least 4 members (excludes halogenated alkanes) is 1. The molecule has 1 amide bonds. The van der Waals surface area contributed by atoms with Crippen molar-refractivity contribution in [2.75, 3.05) is 6.54 Å². The topological polar surface area (TPSA) is 61.7 Å². The Labute approximate surface area is 115 Å². The zero-order chi connectivity index (χ0) is 14.3. The smallest absolute Gasteiger partial charge is 0.227 e. The van der Waals surface area contributed by atoms with Gasteiger partial charge in [-0.15, -0.1) is 0 Å². The van der Waals surface area contributed by atoms with Gasteiger partial charge < -0.3 is 10.5 Å². The molecule has 0 heterocycles. The van der Waals surface area contributed by atoms with E-state index in [1.807, 2.05) is 0 Å². The Morgan fingerprint density at radius 3 is 2.58 bits per heavy atom. The molecule has 0 radical (unpaired) electrons. The number of hydrogen-bond donors (Lipinski definition) is 2. The van der Waals surface area contributed by atoms with E-state index in [9.17, 15) is 10.0 Å². The zero-order valence-corrected chi connectivity index (χ0v) is 12.5. The highest BCUT2D eigenvalue weighted by molar-refractivity contribution is 6.02. The summed E-state index contributed by atoms with van der Waals surface area (Å²) in [5.74, 6) is 0.147. The third-order valence-electron chi connectivity index (χ3n) is 6.10. The number of hydrogen-bond acceptors (Lipinski definition) is 3. The largest absolute Gasteiger partial charge is 0.411 e. The van der Waals surface area contributed by atoms with Crippen LogP contribution in [0.4, 0.5) is 0 Å². The highest BCUT2D eigenvalue weighted by Crippen LogP contribution is 2.70. The van der Waals surface area contributed by atoms with Crippen LogP contribution in [-0.4, -0.2) is 23.4 Å². The van der Waals surface area contributed by atoms with Gasteiger partial charge in [0.15, 0.2) is 0 Å². The second kappa shape index (κ2) is 4.50. The predicted molar refractivity (Wildman–Crippen MR) is 75.3 cm³/mol. The van der Waals surface area contributed by atoms with Crippen LogP contribution in [0.3, 0.4) is 0 Å². The number of carbonyl (C=O) groups is 1. The quantitative estimate of drug-likeness (QED) is 0.467. The Morgan fingerprint density at radius 2 is 2.05 bits per heavy atom. The molecule has 108 valence electrons. The number of oxime groups is 1. The fourth-order valence-electron chi connectivity index (χ4n) is 4.08. The van der Waals surface area contributed by atoms with Gasteiger partial charge in [-0.2, -0.15) is 0 Å². The molecule has 0 aromatic rings. The number of fused-ring (bicyclic) bond motifs is 2. The van der Waals surface area contributed by atoms with Gasteiger partial charge in [0.05, 0.1) is 11.1 Å². The van der Waals surface area contributed by atoms with E-state index >= 15 is 0 Å². The summed E-state index contributed by atoms with van der Waals surface area (Å²) in [6.45, 7) is 9.30. The monoisotopic (exact) mass is 266 g/mol. The number of nitrogens with zero attached hydrogens (tertiary/aromatic N) is 1. The maximum absolute atomic E-state index is 12.7. The van der Waals surface area contributed by atoms with Crippen molar-refractivity contribution in [2.24, 2.45) is 21.4 Å². The van der Waals surface area contributed by atoms with Crippen molar-refractivity contribution in [3.05, 3.63) is 0 Å². The van der Waals surface area contributed by atoms with Gasteiger partial charge in [-0.25, -0.2) is 0 Å². The first-order valence-corrected chi connectivity index (χ1v) is 7.35. The summed E-state index contributed by atoms with van der Waals surface area (Å²) in [5, 5.41) is 15.8. The summed E-state index contributed by atoms with van der Waals surface area (Å²) in [6, 6.07) is 0. The van der Waals surface area contributed by atoms with Gasteiger partial charge in [0.1, 0.15) is 0 Å². The molecule has 19 heavy (non-hydrogen) atoms. The Hall–Kier alpha value is -1.06. The number of rotatable bonds is 4. The van der Waals surface area contributed by atoms with Crippen molar-refractivity contribution in [3.63, 3.8) is 0 Å². The summed E-state index contributed by atoms with van der Waals surface area (Å²) in [6.07, 6.45) is 4.53. The highest BCUT2D eigenvalue weighted by Gasteiger charge is 2.71. The lowest BCUT2D eigenvalue weighted by atomic mass is 9.64. The number of carbonyl (C=O) groups excluding carboxylic acids is 1. The molecule has 0 aromatic carbocycles. The molecular weight excluding hydrogens is 240 g/mol. The maximum Gasteiger partial charge on any atom is 0.227 e. The van der Waals surface area contributed by atoms with Gasteiger partial charge in [0.25, 0.3) is 0 Å². The van der Waals surface area contributed by atoms with E-state index in [-0.39, 0.29) is 16.7 Å². The molecule has 0 aliphatic heterocycles. The van der Waals surface area contributed by atoms with Crippen LogP contribution in [0.1, 0.15) is 59.8 Å². The predicted octanol–water partition coefficient (Wildman–Crippen LogP) is 2.95. The van der Waals surface area contributed by atoms with Crippen LogP contribution < -0.4 is 5.32 Å². The molecule has 2 saturated carbocycles. The minimum absolute atomic E-state index is 0.147. The lowest BCUT2D eigenvalue weighted by Crippen LogP contribution is -2.46. The molecule has 0 spiro atoms. The third kappa shape index (κ3) is 1.65. The van der Waals surface area contributed by atoms with Crippen molar-refractivity contribution >= 4 is 11.6 Å². The van der Waals surface area contributed by atoms with Crippen molar-refractivity contribution in [1.82, 2.24) is 5.32 Å². The number of nitrogens with one attached hydrogen (secondary N) is 1. The van der Waals surface area contributed by atoms with Crippen LogP contribution in [0, 0.1) is 16.2 Å². The van der Waals surface area contributed by atoms with E-state index in [0.717, 1.165) is 37.9 Å². The fraction of sp³-hybridized carbons (Fsp3) is 0.867. The fourth-order valence-corrected chi connectivity index (χ4v) is 4.08. The SMILES string of the molecule is CCCCNC(=O)C12CCC(C)(/C(=N/O)C1)C2(C)C. The zero-order valence-electron chi connectivity index (χ0n) is 12.5. The molecule has 0 saturated heterocycles. The average molecular weight is 266 g/mol. The van der Waals surface area contributed by atoms with E-state index in [4.69, 9.17) is 0 Å². The Kier molecular flexibility index (Phi) is 3.40. The molecule has 2 N–H and O–H groups in total. The summed E-state index contributed by atoms with van der Waals surface area (Å²) in [5.41, 5.74) is 0.105. The first kappa shape index (κ1) is 14.4. The van der Waals surface area contributed by atoms with E-state index in [1.54, 1.807) is 0 Å². The summed E-state index contributed by atoms with van der Waals surface area (Å²) >= 11 is 0. The Morgan fingerprint density at radius 1 is 1.37 bits per heavy atom. The number of amides is 1. The molecule has 2 bridgehead atoms. The molecule has 0 aromatic heterocycles. The van der Waals surface area contributed by atoms with E-state index in [1.165, 1.54) is 0 Å². The molecule has 2 aliphatic rings. The van der Waals surface area contributed by atoms with Crippen molar-refractivity contribution < 1.29 is 10.0 Å². The molecule has 4 nitrogen and oxygen atoms in total. The van der Waals surface area contributed by atoms with Crippen LogP contribution in [-0.2, 0) is 4.79 Å². The van der Waals surface area contributed by atoms with Gasteiger partial charge in [0, 0.05) is 18.4 Å². The van der Waals surface area contributed by atoms with Gasteiger partial charge in [0.2, 0.25) is 5.91 Å². The molecule has 4 heteroatoms. The molecule has 2 atom stereocenters. The van der Waals surface area contributed by atoms with Crippen LogP contribution in [0.15, 0.2) is 5.16 Å². The van der Waals surface area contributed by atoms with E-state index < -0.39 is 5.41 Å². The Bertz CT molecular complexity index is 416. The van der Waals surface area contributed by atoms with Crippen LogP contribution in [0.2, 0.25) is 0 Å². The lowest BCUT2D eigenvalue weighted by Gasteiger charge is -2.39. The van der Waals surface area contributed by atoms with Gasteiger partial charge in [-0.05, 0) is 24.7 Å². The lowest BCUT2D eigenvalue weighted by molar-refractivity contribution is -0.135. The van der Waals surface area contributed by atoms with Crippen molar-refractivity contribution in [1.29, 1.82) is 0 Å². The average Bonchev–Trinajstić information content (AvgIpc) is 2.68. The second-order valence-corrected chi connectivity index (χ2v) is 6.87. The molecule has 2 aliphatic carbocycles. The van der Waals surface area contributed by atoms with Gasteiger partial charge in [-0.3, -0.25) is 4.79 Å². The molecule has 2 rings (SSSR count). The molecule has 2 unspecified atom stereocenters. The van der Waals surface area contributed by atoms with Crippen LogP contribution in [0.25, 0.3) is 0 Å². The maximum atomic E-state index is 12.7. The minimum Gasteiger partial charge on any atom is -0.411 e. The third-order valence-corrected chi connectivity index (χ3v) is 6.10. The van der Waals surface area contributed by atoms with E-state index in [0.29, 0.717) is 6.42 Å². The standard InChI is InChI=1S/C15H26N2O2/c1-5-6-9-16-12(18)15-8-7-14(4,13(15,2)3)11(10-15)17-19/h19H,5-10H2,1-4H3,(H,16,18)/b17-11+. The Balaban J connectivity index is 2.27. The summed E-state index contributed by atoms with van der Waals surface area (Å²) in [4.78, 5) is 12.7. The van der Waals surface area contributed by atoms with Crippen molar-refractivity contribution in [3.8, 4) is 0 Å². The van der Waals surface area contributed by atoms with Crippen LogP contribution in [0.5, 0.6) is 0 Å². The molecule has 2 fully saturated rings. The van der Waals surface area contributed by atoms with E-state index in [2.05, 4.69) is 38.2 Å².